The van der Waals surface area contributed by atoms with E-state index in [9.17, 15) is 4.79 Å². The smallest absolute Gasteiger partial charge is 0.223 e. The Hall–Kier alpha value is -0.570. The molecule has 1 aliphatic rings. The summed E-state index contributed by atoms with van der Waals surface area (Å²) in [6, 6.07) is 0. The first-order valence-corrected chi connectivity index (χ1v) is 4.04. The van der Waals surface area contributed by atoms with Gasteiger partial charge in [-0.3, -0.25) is 4.79 Å². The number of hydrogen-bond donors (Lipinski definition) is 1. The standard InChI is InChI=1S/C8H15NO2/c1-6(11-2)5-9-8(10)7-3-4-7/h6-7H,3-5H2,1-2H3,(H,9,10). The Bertz CT molecular complexity index is 143. The van der Waals surface area contributed by atoms with E-state index in [2.05, 4.69) is 5.32 Å². The van der Waals surface area contributed by atoms with Crippen molar-refractivity contribution in [2.75, 3.05) is 13.7 Å². The second kappa shape index (κ2) is 3.72. The third-order valence-corrected chi connectivity index (χ3v) is 1.91. The lowest BCUT2D eigenvalue weighted by Gasteiger charge is -2.09. The molecule has 1 amide bonds. The van der Waals surface area contributed by atoms with Gasteiger partial charge in [0, 0.05) is 19.6 Å². The summed E-state index contributed by atoms with van der Waals surface area (Å²) in [5.74, 6) is 0.493. The van der Waals surface area contributed by atoms with Crippen molar-refractivity contribution in [3.63, 3.8) is 0 Å². The predicted molar refractivity (Wildman–Crippen MR) is 42.2 cm³/mol. The summed E-state index contributed by atoms with van der Waals surface area (Å²) in [7, 11) is 1.65. The Morgan fingerprint density at radius 3 is 2.82 bits per heavy atom. The monoisotopic (exact) mass is 157 g/mol. The minimum atomic E-state index is 0.123. The zero-order valence-corrected chi connectivity index (χ0v) is 7.09. The molecule has 1 aliphatic carbocycles. The first-order chi connectivity index (χ1) is 5.24. The minimum absolute atomic E-state index is 0.123. The Labute approximate surface area is 67.1 Å². The number of carbonyl (C=O) groups is 1. The van der Waals surface area contributed by atoms with Gasteiger partial charge in [-0.05, 0) is 19.8 Å². The number of hydrogen-bond acceptors (Lipinski definition) is 2. The van der Waals surface area contributed by atoms with Gasteiger partial charge in [-0.1, -0.05) is 0 Å². The topological polar surface area (TPSA) is 38.3 Å². The number of ether oxygens (including phenoxy) is 1. The number of nitrogens with one attached hydrogen (secondary N) is 1. The van der Waals surface area contributed by atoms with E-state index in [1.807, 2.05) is 6.92 Å². The molecule has 0 heterocycles. The minimum Gasteiger partial charge on any atom is -0.380 e. The number of rotatable bonds is 4. The fourth-order valence-corrected chi connectivity index (χ4v) is 0.818. The number of carbonyl (C=O) groups excluding carboxylic acids is 1. The first kappa shape index (κ1) is 8.53. The van der Waals surface area contributed by atoms with Crippen molar-refractivity contribution in [3.8, 4) is 0 Å². The molecule has 1 N–H and O–H groups in total. The van der Waals surface area contributed by atoms with Crippen LogP contribution < -0.4 is 5.32 Å². The molecule has 11 heavy (non-hydrogen) atoms. The van der Waals surface area contributed by atoms with E-state index in [4.69, 9.17) is 4.74 Å². The molecule has 0 bridgehead atoms. The van der Waals surface area contributed by atoms with Crippen molar-refractivity contribution in [3.05, 3.63) is 0 Å². The van der Waals surface area contributed by atoms with Crippen LogP contribution in [0, 0.1) is 5.92 Å². The highest BCUT2D eigenvalue weighted by Crippen LogP contribution is 2.28. The van der Waals surface area contributed by atoms with E-state index in [-0.39, 0.29) is 12.0 Å². The van der Waals surface area contributed by atoms with Gasteiger partial charge >= 0.3 is 0 Å². The first-order valence-electron chi connectivity index (χ1n) is 4.04. The molecule has 1 unspecified atom stereocenters. The molecule has 3 heteroatoms. The summed E-state index contributed by atoms with van der Waals surface area (Å²) >= 11 is 0. The van der Waals surface area contributed by atoms with Gasteiger partial charge in [-0.25, -0.2) is 0 Å². The summed E-state index contributed by atoms with van der Waals surface area (Å²) in [5.41, 5.74) is 0. The van der Waals surface area contributed by atoms with Crippen LogP contribution in [0.1, 0.15) is 19.8 Å². The lowest BCUT2D eigenvalue weighted by Crippen LogP contribution is -2.32. The Morgan fingerprint density at radius 1 is 1.73 bits per heavy atom. The average molecular weight is 157 g/mol. The van der Waals surface area contributed by atoms with Gasteiger partial charge in [0.1, 0.15) is 0 Å². The van der Waals surface area contributed by atoms with E-state index < -0.39 is 0 Å². The van der Waals surface area contributed by atoms with Crippen molar-refractivity contribution >= 4 is 5.91 Å². The quantitative estimate of drug-likeness (QED) is 0.647. The van der Waals surface area contributed by atoms with Crippen LogP contribution in [-0.4, -0.2) is 25.7 Å². The van der Waals surface area contributed by atoms with Crippen LogP contribution in [-0.2, 0) is 9.53 Å². The van der Waals surface area contributed by atoms with E-state index in [0.29, 0.717) is 12.5 Å². The molecule has 1 atom stereocenters. The molecule has 1 fully saturated rings. The number of methoxy groups -OCH3 is 1. The van der Waals surface area contributed by atoms with Crippen LogP contribution in [0.15, 0.2) is 0 Å². The highest BCUT2D eigenvalue weighted by molar-refractivity contribution is 5.80. The highest BCUT2D eigenvalue weighted by Gasteiger charge is 2.29. The normalized spacial score (nSPS) is 19.5. The maximum absolute atomic E-state index is 11.1. The van der Waals surface area contributed by atoms with E-state index in [1.54, 1.807) is 7.11 Å². The van der Waals surface area contributed by atoms with Crippen LogP contribution in [0.3, 0.4) is 0 Å². The molecule has 0 aromatic carbocycles. The van der Waals surface area contributed by atoms with Crippen molar-refractivity contribution in [2.45, 2.75) is 25.9 Å². The Balaban J connectivity index is 2.05. The molecule has 64 valence electrons. The van der Waals surface area contributed by atoms with Crippen molar-refractivity contribution < 1.29 is 9.53 Å². The average Bonchev–Trinajstić information content (AvgIpc) is 2.81. The Kier molecular flexibility index (Phi) is 2.88. The number of amides is 1. The maximum Gasteiger partial charge on any atom is 0.223 e. The summed E-state index contributed by atoms with van der Waals surface area (Å²) in [5, 5.41) is 2.83. The highest BCUT2D eigenvalue weighted by atomic mass is 16.5. The van der Waals surface area contributed by atoms with Gasteiger partial charge in [0.15, 0.2) is 0 Å². The summed E-state index contributed by atoms with van der Waals surface area (Å²) in [6.07, 6.45) is 2.25. The van der Waals surface area contributed by atoms with E-state index >= 15 is 0 Å². The van der Waals surface area contributed by atoms with Gasteiger partial charge in [0.05, 0.1) is 6.10 Å². The SMILES string of the molecule is COC(C)CNC(=O)C1CC1. The molecule has 3 nitrogen and oxygen atoms in total. The van der Waals surface area contributed by atoms with Crippen LogP contribution in [0.2, 0.25) is 0 Å². The molecule has 1 saturated carbocycles. The fraction of sp³-hybridized carbons (Fsp3) is 0.875. The molecule has 0 aliphatic heterocycles. The summed E-state index contributed by atoms with van der Waals surface area (Å²) in [4.78, 5) is 11.1. The molecule has 1 rings (SSSR count). The van der Waals surface area contributed by atoms with Gasteiger partial charge in [-0.2, -0.15) is 0 Å². The molecule has 0 aromatic rings. The molecule has 0 spiro atoms. The molecule has 0 radical (unpaired) electrons. The summed E-state index contributed by atoms with van der Waals surface area (Å²) < 4.78 is 4.99. The zero-order valence-electron chi connectivity index (χ0n) is 7.09. The van der Waals surface area contributed by atoms with Gasteiger partial charge in [0.2, 0.25) is 5.91 Å². The Morgan fingerprint density at radius 2 is 2.36 bits per heavy atom. The third-order valence-electron chi connectivity index (χ3n) is 1.91. The predicted octanol–water partition coefficient (Wildman–Crippen LogP) is 0.547. The molecule has 0 saturated heterocycles. The second-order valence-electron chi connectivity index (χ2n) is 3.07. The van der Waals surface area contributed by atoms with Crippen molar-refractivity contribution in [2.24, 2.45) is 5.92 Å². The van der Waals surface area contributed by atoms with Crippen molar-refractivity contribution in [1.29, 1.82) is 0 Å². The molecule has 0 aromatic heterocycles. The zero-order chi connectivity index (χ0) is 8.27. The maximum atomic E-state index is 11.1. The molecular formula is C8H15NO2. The second-order valence-corrected chi connectivity index (χ2v) is 3.07. The third kappa shape index (κ3) is 2.89. The molecular weight excluding hydrogens is 142 g/mol. The van der Waals surface area contributed by atoms with Gasteiger partial charge < -0.3 is 10.1 Å². The van der Waals surface area contributed by atoms with Crippen LogP contribution >= 0.6 is 0 Å². The van der Waals surface area contributed by atoms with Gasteiger partial charge in [0.25, 0.3) is 0 Å². The van der Waals surface area contributed by atoms with E-state index in [0.717, 1.165) is 12.8 Å². The van der Waals surface area contributed by atoms with Gasteiger partial charge in [-0.15, -0.1) is 0 Å². The van der Waals surface area contributed by atoms with Crippen LogP contribution in [0.25, 0.3) is 0 Å². The van der Waals surface area contributed by atoms with Crippen LogP contribution in [0.4, 0.5) is 0 Å². The van der Waals surface area contributed by atoms with E-state index in [1.165, 1.54) is 0 Å². The fourth-order valence-electron chi connectivity index (χ4n) is 0.818. The largest absolute Gasteiger partial charge is 0.380 e. The summed E-state index contributed by atoms with van der Waals surface area (Å²) in [6.45, 7) is 2.57. The lowest BCUT2D eigenvalue weighted by molar-refractivity contribution is -0.122. The van der Waals surface area contributed by atoms with Crippen molar-refractivity contribution in [1.82, 2.24) is 5.32 Å². The van der Waals surface area contributed by atoms with Crippen LogP contribution in [0.5, 0.6) is 0 Å². The lowest BCUT2D eigenvalue weighted by atomic mass is 10.3.